The SMILES string of the molecule is CCOC(=O)CCNC(=O)c1ccc(C#CCN)c(F)c1. The molecule has 1 aromatic rings. The Hall–Kier alpha value is -2.39. The molecule has 1 amide bonds. The van der Waals surface area contributed by atoms with Crippen LogP contribution < -0.4 is 11.1 Å². The van der Waals surface area contributed by atoms with E-state index in [9.17, 15) is 14.0 Å². The van der Waals surface area contributed by atoms with E-state index in [4.69, 9.17) is 10.5 Å². The van der Waals surface area contributed by atoms with E-state index < -0.39 is 17.7 Å². The summed E-state index contributed by atoms with van der Waals surface area (Å²) in [4.78, 5) is 22.9. The molecule has 0 saturated carbocycles. The van der Waals surface area contributed by atoms with Crippen molar-refractivity contribution in [2.75, 3.05) is 19.7 Å². The first-order valence-electron chi connectivity index (χ1n) is 6.50. The van der Waals surface area contributed by atoms with Crippen LogP contribution in [-0.4, -0.2) is 31.6 Å². The first-order chi connectivity index (χ1) is 10.1. The molecule has 21 heavy (non-hydrogen) atoms. The summed E-state index contributed by atoms with van der Waals surface area (Å²) in [6.07, 6.45) is 0.0715. The molecule has 0 bridgehead atoms. The molecule has 0 fully saturated rings. The second-order valence-corrected chi connectivity index (χ2v) is 4.01. The van der Waals surface area contributed by atoms with E-state index in [-0.39, 0.29) is 30.6 Å². The van der Waals surface area contributed by atoms with Gasteiger partial charge in [-0.3, -0.25) is 9.59 Å². The van der Waals surface area contributed by atoms with Crippen LogP contribution in [-0.2, 0) is 9.53 Å². The fraction of sp³-hybridized carbons (Fsp3) is 0.333. The van der Waals surface area contributed by atoms with Crippen LogP contribution >= 0.6 is 0 Å². The maximum Gasteiger partial charge on any atom is 0.307 e. The Labute approximate surface area is 122 Å². The van der Waals surface area contributed by atoms with E-state index in [1.165, 1.54) is 12.1 Å². The summed E-state index contributed by atoms with van der Waals surface area (Å²) in [5.41, 5.74) is 5.55. The van der Waals surface area contributed by atoms with E-state index in [0.29, 0.717) is 6.61 Å². The highest BCUT2D eigenvalue weighted by Gasteiger charge is 2.09. The summed E-state index contributed by atoms with van der Waals surface area (Å²) in [6.45, 7) is 2.27. The average Bonchev–Trinajstić information content (AvgIpc) is 2.46. The minimum absolute atomic E-state index is 0.0715. The molecule has 0 atom stereocenters. The molecule has 1 rings (SSSR count). The van der Waals surface area contributed by atoms with Crippen LogP contribution in [0.4, 0.5) is 4.39 Å². The van der Waals surface area contributed by atoms with Gasteiger partial charge in [-0.1, -0.05) is 11.8 Å². The molecule has 0 unspecified atom stereocenters. The predicted molar refractivity (Wildman–Crippen MR) is 75.9 cm³/mol. The van der Waals surface area contributed by atoms with Gasteiger partial charge >= 0.3 is 5.97 Å². The molecule has 0 aliphatic heterocycles. The Morgan fingerprint density at radius 2 is 2.19 bits per heavy atom. The highest BCUT2D eigenvalue weighted by atomic mass is 19.1. The molecule has 0 aromatic heterocycles. The van der Waals surface area contributed by atoms with Crippen LogP contribution in [0.1, 0.15) is 29.3 Å². The molecule has 0 heterocycles. The maximum atomic E-state index is 13.7. The third kappa shape index (κ3) is 5.63. The maximum absolute atomic E-state index is 13.7. The van der Waals surface area contributed by atoms with Crippen molar-refractivity contribution in [2.24, 2.45) is 5.73 Å². The van der Waals surface area contributed by atoms with Gasteiger partial charge in [-0.05, 0) is 25.1 Å². The van der Waals surface area contributed by atoms with Gasteiger partial charge < -0.3 is 15.8 Å². The molecule has 112 valence electrons. The number of hydrogen-bond acceptors (Lipinski definition) is 4. The molecule has 3 N–H and O–H groups in total. The van der Waals surface area contributed by atoms with Gasteiger partial charge in [0.25, 0.3) is 5.91 Å². The van der Waals surface area contributed by atoms with Crippen LogP contribution in [0.2, 0.25) is 0 Å². The van der Waals surface area contributed by atoms with Crippen molar-refractivity contribution in [2.45, 2.75) is 13.3 Å². The second kappa shape index (κ2) is 8.72. The minimum Gasteiger partial charge on any atom is -0.466 e. The lowest BCUT2D eigenvalue weighted by molar-refractivity contribution is -0.142. The normalized spacial score (nSPS) is 9.48. The Bertz CT molecular complexity index is 576. The predicted octanol–water partition coefficient (Wildman–Crippen LogP) is 0.819. The topological polar surface area (TPSA) is 81.4 Å². The summed E-state index contributed by atoms with van der Waals surface area (Å²) in [7, 11) is 0. The van der Waals surface area contributed by atoms with Crippen molar-refractivity contribution in [1.82, 2.24) is 5.32 Å². The lowest BCUT2D eigenvalue weighted by Crippen LogP contribution is -2.26. The summed E-state index contributed by atoms with van der Waals surface area (Å²) in [5.74, 6) is 3.66. The first-order valence-corrected chi connectivity index (χ1v) is 6.50. The largest absolute Gasteiger partial charge is 0.466 e. The van der Waals surface area contributed by atoms with Gasteiger partial charge in [-0.2, -0.15) is 0 Å². The van der Waals surface area contributed by atoms with E-state index in [1.54, 1.807) is 6.92 Å². The summed E-state index contributed by atoms with van der Waals surface area (Å²) < 4.78 is 18.4. The molecule has 0 aliphatic carbocycles. The minimum atomic E-state index is -0.589. The highest BCUT2D eigenvalue weighted by molar-refractivity contribution is 5.94. The van der Waals surface area contributed by atoms with Crippen molar-refractivity contribution in [1.29, 1.82) is 0 Å². The molecule has 0 radical (unpaired) electrons. The van der Waals surface area contributed by atoms with Crippen molar-refractivity contribution >= 4 is 11.9 Å². The fourth-order valence-corrected chi connectivity index (χ4v) is 1.52. The van der Waals surface area contributed by atoms with Gasteiger partial charge in [0.1, 0.15) is 5.82 Å². The van der Waals surface area contributed by atoms with Crippen molar-refractivity contribution in [3.05, 3.63) is 35.1 Å². The number of rotatable bonds is 5. The van der Waals surface area contributed by atoms with Crippen LogP contribution in [0.25, 0.3) is 0 Å². The highest BCUT2D eigenvalue weighted by Crippen LogP contribution is 2.09. The van der Waals surface area contributed by atoms with Crippen molar-refractivity contribution in [3.8, 4) is 11.8 Å². The van der Waals surface area contributed by atoms with E-state index in [2.05, 4.69) is 17.2 Å². The fourth-order valence-electron chi connectivity index (χ4n) is 1.52. The van der Waals surface area contributed by atoms with Gasteiger partial charge in [-0.25, -0.2) is 4.39 Å². The number of halogens is 1. The molecule has 1 aromatic carbocycles. The number of esters is 1. The van der Waals surface area contributed by atoms with Crippen molar-refractivity contribution < 1.29 is 18.7 Å². The van der Waals surface area contributed by atoms with Gasteiger partial charge in [0, 0.05) is 12.1 Å². The number of amides is 1. The van der Waals surface area contributed by atoms with Gasteiger partial charge in [0.2, 0.25) is 0 Å². The van der Waals surface area contributed by atoms with Crippen LogP contribution in [0, 0.1) is 17.7 Å². The third-order valence-corrected chi connectivity index (χ3v) is 2.48. The molecule has 0 spiro atoms. The van der Waals surface area contributed by atoms with E-state index >= 15 is 0 Å². The average molecular weight is 292 g/mol. The molecule has 0 aliphatic rings. The molecule has 6 heteroatoms. The number of carbonyl (C=O) groups is 2. The Morgan fingerprint density at radius 3 is 2.81 bits per heavy atom. The van der Waals surface area contributed by atoms with E-state index in [1.807, 2.05) is 0 Å². The Balaban J connectivity index is 2.59. The lowest BCUT2D eigenvalue weighted by atomic mass is 10.1. The van der Waals surface area contributed by atoms with Crippen LogP contribution in [0.3, 0.4) is 0 Å². The number of benzene rings is 1. The first kappa shape index (κ1) is 16.7. The number of carbonyl (C=O) groups excluding carboxylic acids is 2. The standard InChI is InChI=1S/C15H17FN2O3/c1-2-21-14(19)7-9-18-15(20)12-6-5-11(4-3-8-17)13(16)10-12/h5-6,10H,2,7-9,17H2,1H3,(H,18,20). The summed E-state index contributed by atoms with van der Waals surface area (Å²) in [5, 5.41) is 2.52. The molecule has 5 nitrogen and oxygen atoms in total. The monoisotopic (exact) mass is 292 g/mol. The zero-order chi connectivity index (χ0) is 15.7. The quantitative estimate of drug-likeness (QED) is 0.622. The summed E-state index contributed by atoms with van der Waals surface area (Å²) >= 11 is 0. The van der Waals surface area contributed by atoms with Crippen molar-refractivity contribution in [3.63, 3.8) is 0 Å². The van der Waals surface area contributed by atoms with Crippen LogP contribution in [0.5, 0.6) is 0 Å². The molecule has 0 saturated heterocycles. The Morgan fingerprint density at radius 1 is 1.43 bits per heavy atom. The smallest absolute Gasteiger partial charge is 0.307 e. The zero-order valence-corrected chi connectivity index (χ0v) is 11.7. The molecular weight excluding hydrogens is 275 g/mol. The van der Waals surface area contributed by atoms with Gasteiger partial charge in [0.05, 0.1) is 25.1 Å². The number of nitrogens with one attached hydrogen (secondary N) is 1. The molecular formula is C15H17FN2O3. The second-order valence-electron chi connectivity index (χ2n) is 4.01. The summed E-state index contributed by atoms with van der Waals surface area (Å²) in [6, 6.07) is 3.97. The lowest BCUT2D eigenvalue weighted by Gasteiger charge is -2.06. The number of nitrogens with two attached hydrogens (primary N) is 1. The van der Waals surface area contributed by atoms with Gasteiger partial charge in [0.15, 0.2) is 0 Å². The Kier molecular flexibility index (Phi) is 6.92. The number of hydrogen-bond donors (Lipinski definition) is 2. The third-order valence-electron chi connectivity index (χ3n) is 2.48. The number of ether oxygens (including phenoxy) is 1. The van der Waals surface area contributed by atoms with Crippen LogP contribution in [0.15, 0.2) is 18.2 Å². The zero-order valence-electron chi connectivity index (χ0n) is 11.7. The van der Waals surface area contributed by atoms with E-state index in [0.717, 1.165) is 6.07 Å². The van der Waals surface area contributed by atoms with Gasteiger partial charge in [-0.15, -0.1) is 0 Å².